The van der Waals surface area contributed by atoms with Crippen LogP contribution >= 0.6 is 0 Å². The molecule has 2 atom stereocenters. The Morgan fingerprint density at radius 1 is 1.56 bits per heavy atom. The Hall–Kier alpha value is -1.45. The molecule has 1 heterocycles. The Bertz CT molecular complexity index is 529. The molecule has 0 aliphatic carbocycles. The molecule has 3 N–H and O–H groups in total. The number of hydrogen-bond acceptors (Lipinski definition) is 5. The minimum absolute atomic E-state index is 0.283. The Morgan fingerprint density at radius 3 is 2.44 bits per heavy atom. The average Bonchev–Trinajstić information content (AvgIpc) is 2.56. The van der Waals surface area contributed by atoms with E-state index in [9.17, 15) is 18.3 Å². The highest BCUT2D eigenvalue weighted by Gasteiger charge is 2.30. The van der Waals surface area contributed by atoms with E-state index in [0.29, 0.717) is 5.82 Å². The summed E-state index contributed by atoms with van der Waals surface area (Å²) >= 11 is 0. The van der Waals surface area contributed by atoms with Crippen LogP contribution in [0.1, 0.15) is 12.7 Å². The molecule has 0 bridgehead atoms. The Labute approximate surface area is 104 Å². The van der Waals surface area contributed by atoms with Crippen LogP contribution in [0.25, 0.3) is 0 Å². The van der Waals surface area contributed by atoms with Crippen molar-refractivity contribution < 1.29 is 23.4 Å². The summed E-state index contributed by atoms with van der Waals surface area (Å²) < 4.78 is 27.1. The van der Waals surface area contributed by atoms with Crippen molar-refractivity contribution in [3.63, 3.8) is 0 Å². The van der Waals surface area contributed by atoms with Crippen molar-refractivity contribution >= 4 is 16.0 Å². The van der Waals surface area contributed by atoms with Gasteiger partial charge in [-0.3, -0.25) is 4.79 Å². The number of imidazole rings is 1. The van der Waals surface area contributed by atoms with Crippen LogP contribution < -0.4 is 4.72 Å². The Kier molecular flexibility index (Phi) is 4.09. The third-order valence-corrected chi connectivity index (χ3v) is 3.70. The van der Waals surface area contributed by atoms with Crippen LogP contribution in [0.2, 0.25) is 0 Å². The van der Waals surface area contributed by atoms with Gasteiger partial charge in [0, 0.05) is 13.2 Å². The topological polar surface area (TPSA) is 122 Å². The molecular weight excluding hydrogens is 262 g/mol. The number of aliphatic carboxylic acids is 1. The number of nitrogens with one attached hydrogen (secondary N) is 1. The second-order valence-electron chi connectivity index (χ2n) is 3.92. The van der Waals surface area contributed by atoms with Gasteiger partial charge >= 0.3 is 5.97 Å². The maximum atomic E-state index is 11.9. The monoisotopic (exact) mass is 277 g/mol. The summed E-state index contributed by atoms with van der Waals surface area (Å²) in [6, 6.07) is -1.61. The molecule has 0 fully saturated rings. The largest absolute Gasteiger partial charge is 0.480 e. The number of rotatable bonds is 5. The van der Waals surface area contributed by atoms with Gasteiger partial charge in [0.1, 0.15) is 11.9 Å². The van der Waals surface area contributed by atoms with Crippen LogP contribution in [0.4, 0.5) is 0 Å². The number of hydrogen-bond donors (Lipinski definition) is 3. The lowest BCUT2D eigenvalue weighted by Crippen LogP contribution is -2.47. The molecule has 0 amide bonds. The fourth-order valence-corrected chi connectivity index (χ4v) is 2.54. The van der Waals surface area contributed by atoms with Gasteiger partial charge in [0.25, 0.3) is 10.0 Å². The maximum Gasteiger partial charge on any atom is 0.324 e. The average molecular weight is 277 g/mol. The first-order valence-corrected chi connectivity index (χ1v) is 6.56. The lowest BCUT2D eigenvalue weighted by molar-refractivity contribution is -0.141. The van der Waals surface area contributed by atoms with Gasteiger partial charge in [-0.15, -0.1) is 0 Å². The molecule has 0 saturated heterocycles. The van der Waals surface area contributed by atoms with Gasteiger partial charge in [-0.25, -0.2) is 13.4 Å². The van der Waals surface area contributed by atoms with Crippen molar-refractivity contribution in [3.05, 3.63) is 12.0 Å². The maximum absolute atomic E-state index is 11.9. The number of aromatic nitrogens is 2. The van der Waals surface area contributed by atoms with Crippen molar-refractivity contribution in [3.8, 4) is 0 Å². The number of aliphatic hydroxyl groups is 1. The zero-order valence-electron chi connectivity index (χ0n) is 10.2. The first-order chi connectivity index (χ1) is 8.15. The number of nitrogens with zero attached hydrogens (tertiary/aromatic N) is 2. The highest BCUT2D eigenvalue weighted by molar-refractivity contribution is 7.89. The van der Waals surface area contributed by atoms with Gasteiger partial charge in [-0.2, -0.15) is 4.72 Å². The molecule has 1 rings (SSSR count). The Morgan fingerprint density at radius 2 is 2.11 bits per heavy atom. The van der Waals surface area contributed by atoms with Crippen molar-refractivity contribution in [2.45, 2.75) is 31.0 Å². The van der Waals surface area contributed by atoms with E-state index in [4.69, 9.17) is 5.11 Å². The first kappa shape index (κ1) is 14.6. The molecule has 8 nitrogen and oxygen atoms in total. The molecule has 102 valence electrons. The van der Waals surface area contributed by atoms with E-state index < -0.39 is 28.1 Å². The normalized spacial score (nSPS) is 15.3. The zero-order chi connectivity index (χ0) is 14.1. The van der Waals surface area contributed by atoms with Crippen molar-refractivity contribution in [1.29, 1.82) is 0 Å². The van der Waals surface area contributed by atoms with Crippen LogP contribution in [-0.4, -0.2) is 46.3 Å². The summed E-state index contributed by atoms with van der Waals surface area (Å²) in [4.78, 5) is 14.6. The third kappa shape index (κ3) is 3.06. The SMILES string of the molecule is Cc1nc(S(=O)(=O)NC(C(=O)O)C(C)O)cn1C. The van der Waals surface area contributed by atoms with Crippen LogP contribution in [0, 0.1) is 6.92 Å². The highest BCUT2D eigenvalue weighted by Crippen LogP contribution is 2.09. The summed E-state index contributed by atoms with van der Waals surface area (Å²) in [5.41, 5.74) is 0. The van der Waals surface area contributed by atoms with Gasteiger partial charge in [0.2, 0.25) is 0 Å². The lowest BCUT2D eigenvalue weighted by atomic mass is 10.2. The van der Waals surface area contributed by atoms with Gasteiger partial charge in [-0.1, -0.05) is 0 Å². The zero-order valence-corrected chi connectivity index (χ0v) is 11.0. The van der Waals surface area contributed by atoms with E-state index in [1.165, 1.54) is 17.7 Å². The van der Waals surface area contributed by atoms with E-state index in [0.717, 1.165) is 0 Å². The van der Waals surface area contributed by atoms with Crippen molar-refractivity contribution in [1.82, 2.24) is 14.3 Å². The summed E-state index contributed by atoms with van der Waals surface area (Å²) in [6.45, 7) is 2.80. The molecule has 0 aromatic carbocycles. The molecule has 0 spiro atoms. The predicted octanol–water partition coefficient (Wildman–Crippen LogP) is -1.16. The molecule has 0 saturated carbocycles. The number of sulfonamides is 1. The van der Waals surface area contributed by atoms with Gasteiger partial charge in [-0.05, 0) is 13.8 Å². The smallest absolute Gasteiger partial charge is 0.324 e. The third-order valence-electron chi connectivity index (χ3n) is 2.39. The van der Waals surface area contributed by atoms with Crippen LogP contribution in [0.3, 0.4) is 0 Å². The number of carboxylic acids is 1. The van der Waals surface area contributed by atoms with Gasteiger partial charge in [0.15, 0.2) is 5.03 Å². The predicted molar refractivity (Wildman–Crippen MR) is 61.4 cm³/mol. The number of aliphatic hydroxyl groups excluding tert-OH is 1. The van der Waals surface area contributed by atoms with E-state index in [-0.39, 0.29) is 5.03 Å². The summed E-state index contributed by atoms with van der Waals surface area (Å²) in [5, 5.41) is 17.7. The summed E-state index contributed by atoms with van der Waals surface area (Å²) in [6.07, 6.45) is -0.0967. The second kappa shape index (κ2) is 5.04. The molecule has 18 heavy (non-hydrogen) atoms. The first-order valence-electron chi connectivity index (χ1n) is 5.08. The van der Waals surface area contributed by atoms with E-state index >= 15 is 0 Å². The molecule has 1 aromatic heterocycles. The number of carbonyl (C=O) groups is 1. The Balaban J connectivity index is 3.04. The summed E-state index contributed by atoms with van der Waals surface area (Å²) in [7, 11) is -2.46. The molecule has 2 unspecified atom stereocenters. The molecule has 0 aliphatic heterocycles. The minimum atomic E-state index is -4.07. The van der Waals surface area contributed by atoms with Crippen LogP contribution in [0.15, 0.2) is 11.2 Å². The summed E-state index contributed by atoms with van der Waals surface area (Å²) in [5.74, 6) is -0.986. The van der Waals surface area contributed by atoms with Crippen LogP contribution in [0.5, 0.6) is 0 Å². The van der Waals surface area contributed by atoms with E-state index in [1.54, 1.807) is 14.0 Å². The second-order valence-corrected chi connectivity index (χ2v) is 5.58. The molecule has 1 aromatic rings. The molecule has 0 aliphatic rings. The van der Waals surface area contributed by atoms with Crippen LogP contribution in [-0.2, 0) is 21.9 Å². The lowest BCUT2D eigenvalue weighted by Gasteiger charge is -2.15. The number of carboxylic acid groups (broad SMARTS) is 1. The standard InChI is InChI=1S/C9H15N3O5S/c1-5(13)8(9(14)15)11-18(16,17)7-4-12(3)6(2)10-7/h4-5,8,11,13H,1-3H3,(H,14,15). The minimum Gasteiger partial charge on any atom is -0.480 e. The fraction of sp³-hybridized carbons (Fsp3) is 0.556. The highest BCUT2D eigenvalue weighted by atomic mass is 32.2. The van der Waals surface area contributed by atoms with E-state index in [1.807, 2.05) is 4.72 Å². The van der Waals surface area contributed by atoms with E-state index in [2.05, 4.69) is 4.98 Å². The van der Waals surface area contributed by atoms with Gasteiger partial charge < -0.3 is 14.8 Å². The molecule has 0 radical (unpaired) electrons. The van der Waals surface area contributed by atoms with Crippen molar-refractivity contribution in [2.75, 3.05) is 0 Å². The fourth-order valence-electron chi connectivity index (χ4n) is 1.24. The number of aryl methyl sites for hydroxylation is 2. The van der Waals surface area contributed by atoms with Crippen molar-refractivity contribution in [2.24, 2.45) is 7.05 Å². The molecular formula is C9H15N3O5S. The quantitative estimate of drug-likeness (QED) is 0.624. The molecule has 9 heteroatoms. The van der Waals surface area contributed by atoms with Gasteiger partial charge in [0.05, 0.1) is 6.10 Å².